The second kappa shape index (κ2) is 5.00. The maximum absolute atomic E-state index is 12.0. The van der Waals surface area contributed by atoms with Crippen LogP contribution in [0.4, 0.5) is 0 Å². The lowest BCUT2D eigenvalue weighted by atomic mass is 9.90. The first-order valence-corrected chi connectivity index (χ1v) is 6.19. The fourth-order valence-corrected chi connectivity index (χ4v) is 2.09. The summed E-state index contributed by atoms with van der Waals surface area (Å²) in [6, 6.07) is 0.464. The molecule has 2 nitrogen and oxygen atoms in total. The highest BCUT2D eigenvalue weighted by Gasteiger charge is 2.23. The number of likely N-dealkylation sites (tertiary alicyclic amines) is 1. The molecule has 0 spiro atoms. The van der Waals surface area contributed by atoms with Gasteiger partial charge in [0.15, 0.2) is 0 Å². The molecule has 0 aliphatic carbocycles. The molecule has 0 N–H and O–H groups in total. The highest BCUT2D eigenvalue weighted by atomic mass is 16.2. The van der Waals surface area contributed by atoms with Crippen molar-refractivity contribution in [2.75, 3.05) is 6.54 Å². The lowest BCUT2D eigenvalue weighted by molar-refractivity contribution is -0.135. The van der Waals surface area contributed by atoms with Crippen molar-refractivity contribution in [1.29, 1.82) is 0 Å². The number of rotatable bonds is 2. The average molecular weight is 211 g/mol. The van der Waals surface area contributed by atoms with E-state index in [1.54, 1.807) is 0 Å². The van der Waals surface area contributed by atoms with Gasteiger partial charge in [0, 0.05) is 19.0 Å². The van der Waals surface area contributed by atoms with Gasteiger partial charge in [0.2, 0.25) is 5.91 Å². The predicted molar refractivity (Wildman–Crippen MR) is 63.7 cm³/mol. The lowest BCUT2D eigenvalue weighted by Gasteiger charge is -2.34. The van der Waals surface area contributed by atoms with Crippen molar-refractivity contribution in [3.05, 3.63) is 0 Å². The van der Waals surface area contributed by atoms with Crippen LogP contribution in [0.2, 0.25) is 0 Å². The van der Waals surface area contributed by atoms with E-state index in [-0.39, 0.29) is 5.41 Å². The summed E-state index contributed by atoms with van der Waals surface area (Å²) < 4.78 is 0. The summed E-state index contributed by atoms with van der Waals surface area (Å²) in [5.74, 6) is 0.358. The van der Waals surface area contributed by atoms with E-state index in [1.165, 1.54) is 19.3 Å². The number of carbonyl (C=O) groups is 1. The van der Waals surface area contributed by atoms with E-state index < -0.39 is 0 Å². The minimum Gasteiger partial charge on any atom is -0.340 e. The molecule has 0 aromatic heterocycles. The Hall–Kier alpha value is -0.530. The van der Waals surface area contributed by atoms with Gasteiger partial charge >= 0.3 is 0 Å². The predicted octanol–water partition coefficient (Wildman–Crippen LogP) is 3.21. The summed E-state index contributed by atoms with van der Waals surface area (Å²) in [6.07, 6.45) is 5.36. The Kier molecular flexibility index (Phi) is 4.18. The van der Waals surface area contributed by atoms with Gasteiger partial charge < -0.3 is 4.90 Å². The molecular formula is C13H25NO. The first kappa shape index (κ1) is 12.5. The highest BCUT2D eigenvalue weighted by Crippen LogP contribution is 2.23. The van der Waals surface area contributed by atoms with Crippen molar-refractivity contribution in [2.24, 2.45) is 5.41 Å². The molecule has 88 valence electrons. The van der Waals surface area contributed by atoms with Crippen molar-refractivity contribution in [1.82, 2.24) is 4.90 Å². The van der Waals surface area contributed by atoms with Crippen LogP contribution in [0, 0.1) is 5.41 Å². The average Bonchev–Trinajstić information content (AvgIpc) is 2.14. The van der Waals surface area contributed by atoms with E-state index in [9.17, 15) is 4.79 Å². The van der Waals surface area contributed by atoms with Crippen LogP contribution in [0.3, 0.4) is 0 Å². The fourth-order valence-electron chi connectivity index (χ4n) is 2.09. The summed E-state index contributed by atoms with van der Waals surface area (Å²) in [4.78, 5) is 14.1. The molecule has 0 aromatic carbocycles. The highest BCUT2D eigenvalue weighted by molar-refractivity contribution is 5.76. The summed E-state index contributed by atoms with van der Waals surface area (Å²) in [6.45, 7) is 9.73. The van der Waals surface area contributed by atoms with Gasteiger partial charge in [0.05, 0.1) is 0 Å². The Bertz CT molecular complexity index is 217. The normalized spacial score (nSPS) is 22.9. The molecule has 2 heteroatoms. The molecule has 1 atom stereocenters. The monoisotopic (exact) mass is 211 g/mol. The summed E-state index contributed by atoms with van der Waals surface area (Å²) in [5, 5.41) is 0. The lowest BCUT2D eigenvalue weighted by Crippen LogP contribution is -2.42. The standard InChI is InChI=1S/C13H25NO/c1-11-7-5-6-10-14(11)12(15)8-9-13(2,3)4/h11H,5-10H2,1-4H3/t11-/m1/s1. The molecule has 1 aliphatic heterocycles. The van der Waals surface area contributed by atoms with E-state index in [0.717, 1.165) is 13.0 Å². The Morgan fingerprint density at radius 2 is 2.00 bits per heavy atom. The molecule has 1 heterocycles. The molecule has 0 saturated carbocycles. The second-order valence-electron chi connectivity index (χ2n) is 5.99. The number of piperidine rings is 1. The summed E-state index contributed by atoms with van der Waals surface area (Å²) in [5.41, 5.74) is 0.273. The Labute approximate surface area is 94.0 Å². The fraction of sp³-hybridized carbons (Fsp3) is 0.923. The molecule has 0 bridgehead atoms. The van der Waals surface area contributed by atoms with E-state index >= 15 is 0 Å². The van der Waals surface area contributed by atoms with Gasteiger partial charge in [-0.15, -0.1) is 0 Å². The third-order valence-corrected chi connectivity index (χ3v) is 3.21. The van der Waals surface area contributed by atoms with Crippen LogP contribution in [0.25, 0.3) is 0 Å². The van der Waals surface area contributed by atoms with Crippen LogP contribution in [0.5, 0.6) is 0 Å². The van der Waals surface area contributed by atoms with Crippen molar-refractivity contribution < 1.29 is 4.79 Å². The molecular weight excluding hydrogens is 186 g/mol. The van der Waals surface area contributed by atoms with Crippen LogP contribution < -0.4 is 0 Å². The largest absolute Gasteiger partial charge is 0.340 e. The van der Waals surface area contributed by atoms with Gasteiger partial charge in [-0.1, -0.05) is 20.8 Å². The first-order valence-electron chi connectivity index (χ1n) is 6.19. The SMILES string of the molecule is C[C@@H]1CCCCN1C(=O)CCC(C)(C)C. The van der Waals surface area contributed by atoms with Gasteiger partial charge in [-0.2, -0.15) is 0 Å². The van der Waals surface area contributed by atoms with Gasteiger partial charge in [-0.25, -0.2) is 0 Å². The first-order chi connectivity index (χ1) is 6.90. The minimum atomic E-state index is 0.273. The zero-order valence-corrected chi connectivity index (χ0v) is 10.7. The van der Waals surface area contributed by atoms with Gasteiger partial charge in [-0.3, -0.25) is 4.79 Å². The number of carbonyl (C=O) groups excluding carboxylic acids is 1. The van der Waals surface area contributed by atoms with Crippen molar-refractivity contribution >= 4 is 5.91 Å². The van der Waals surface area contributed by atoms with E-state index in [0.29, 0.717) is 18.4 Å². The van der Waals surface area contributed by atoms with E-state index in [4.69, 9.17) is 0 Å². The Morgan fingerprint density at radius 3 is 2.53 bits per heavy atom. The van der Waals surface area contributed by atoms with Crippen LogP contribution in [-0.4, -0.2) is 23.4 Å². The quantitative estimate of drug-likeness (QED) is 0.687. The molecule has 1 fully saturated rings. The van der Waals surface area contributed by atoms with Crippen molar-refractivity contribution in [3.63, 3.8) is 0 Å². The van der Waals surface area contributed by atoms with Crippen molar-refractivity contribution in [2.45, 2.75) is 65.8 Å². The molecule has 1 rings (SSSR count). The van der Waals surface area contributed by atoms with Crippen LogP contribution in [0.15, 0.2) is 0 Å². The van der Waals surface area contributed by atoms with Gasteiger partial charge in [0.25, 0.3) is 0 Å². The molecule has 0 unspecified atom stereocenters. The Balaban J connectivity index is 2.39. The molecule has 1 aliphatic rings. The third kappa shape index (κ3) is 4.23. The smallest absolute Gasteiger partial charge is 0.222 e. The molecule has 15 heavy (non-hydrogen) atoms. The number of nitrogens with zero attached hydrogens (tertiary/aromatic N) is 1. The molecule has 0 radical (unpaired) electrons. The molecule has 1 saturated heterocycles. The summed E-state index contributed by atoms with van der Waals surface area (Å²) >= 11 is 0. The maximum atomic E-state index is 12.0. The molecule has 0 aromatic rings. The van der Waals surface area contributed by atoms with Crippen molar-refractivity contribution in [3.8, 4) is 0 Å². The zero-order valence-electron chi connectivity index (χ0n) is 10.7. The maximum Gasteiger partial charge on any atom is 0.222 e. The Morgan fingerprint density at radius 1 is 1.33 bits per heavy atom. The summed E-state index contributed by atoms with van der Waals surface area (Å²) in [7, 11) is 0. The second-order valence-corrected chi connectivity index (χ2v) is 5.99. The number of hydrogen-bond acceptors (Lipinski definition) is 1. The van der Waals surface area contributed by atoms with Crippen LogP contribution in [0.1, 0.15) is 59.8 Å². The zero-order chi connectivity index (χ0) is 11.5. The number of amides is 1. The minimum absolute atomic E-state index is 0.273. The van der Waals surface area contributed by atoms with Crippen LogP contribution >= 0.6 is 0 Å². The van der Waals surface area contributed by atoms with Gasteiger partial charge in [0.1, 0.15) is 0 Å². The topological polar surface area (TPSA) is 20.3 Å². The number of hydrogen-bond donors (Lipinski definition) is 0. The van der Waals surface area contributed by atoms with E-state index in [2.05, 4.69) is 32.6 Å². The van der Waals surface area contributed by atoms with E-state index in [1.807, 2.05) is 0 Å². The van der Waals surface area contributed by atoms with Crippen LogP contribution in [-0.2, 0) is 4.79 Å². The molecule has 1 amide bonds. The van der Waals surface area contributed by atoms with Gasteiger partial charge in [-0.05, 0) is 38.0 Å². The third-order valence-electron chi connectivity index (χ3n) is 3.21.